The first-order valence-corrected chi connectivity index (χ1v) is 4.96. The van der Waals surface area contributed by atoms with Gasteiger partial charge in [-0.15, -0.1) is 0 Å². The molecule has 0 amide bonds. The highest BCUT2D eigenvalue weighted by molar-refractivity contribution is 4.45. The van der Waals surface area contributed by atoms with Crippen LogP contribution in [-0.2, 0) is 9.57 Å². The highest BCUT2D eigenvalue weighted by atomic mass is 16.7. The van der Waals surface area contributed by atoms with Gasteiger partial charge in [0, 0.05) is 6.61 Å². The van der Waals surface area contributed by atoms with Crippen LogP contribution in [0.4, 0.5) is 0 Å². The number of nitrogens with one attached hydrogen (secondary N) is 1. The number of rotatable bonds is 9. The molecule has 1 atom stereocenters. The summed E-state index contributed by atoms with van der Waals surface area (Å²) in [4.78, 5) is 4.66. The van der Waals surface area contributed by atoms with E-state index < -0.39 is 0 Å². The van der Waals surface area contributed by atoms with E-state index in [0.29, 0.717) is 0 Å². The highest BCUT2D eigenvalue weighted by Gasteiger charge is 2.05. The molecule has 4 nitrogen and oxygen atoms in total. The number of hydrogen-bond acceptors (Lipinski definition) is 4. The van der Waals surface area contributed by atoms with E-state index in [1.165, 1.54) is 0 Å². The van der Waals surface area contributed by atoms with Crippen molar-refractivity contribution in [2.75, 3.05) is 20.2 Å². The quantitative estimate of drug-likeness (QED) is 0.324. The largest absolute Gasteiger partial charge is 0.351 e. The summed E-state index contributed by atoms with van der Waals surface area (Å²) in [6.45, 7) is 3.84. The Hall–Kier alpha value is -0.160. The second kappa shape index (κ2) is 9.92. The summed E-state index contributed by atoms with van der Waals surface area (Å²) in [6.07, 6.45) is 3.84. The lowest BCUT2D eigenvalue weighted by atomic mass is 10.3. The third-order valence-corrected chi connectivity index (χ3v) is 1.80. The first kappa shape index (κ1) is 12.8. The third kappa shape index (κ3) is 8.18. The minimum atomic E-state index is -0.223. The van der Waals surface area contributed by atoms with E-state index in [0.717, 1.165) is 38.8 Å². The smallest absolute Gasteiger partial charge is 0.176 e. The Bertz CT molecular complexity index is 102. The summed E-state index contributed by atoms with van der Waals surface area (Å²) in [5.41, 5.74) is 0. The maximum Gasteiger partial charge on any atom is 0.176 e. The van der Waals surface area contributed by atoms with Crippen LogP contribution >= 0.6 is 0 Å². The van der Waals surface area contributed by atoms with E-state index in [4.69, 9.17) is 10.6 Å². The zero-order valence-corrected chi connectivity index (χ0v) is 8.71. The molecule has 0 aliphatic rings. The molecule has 0 aliphatic carbocycles. The monoisotopic (exact) mass is 190 g/mol. The fourth-order valence-corrected chi connectivity index (χ4v) is 1.04. The van der Waals surface area contributed by atoms with Gasteiger partial charge in [-0.05, 0) is 32.9 Å². The zero-order valence-electron chi connectivity index (χ0n) is 8.71. The van der Waals surface area contributed by atoms with Gasteiger partial charge in [0.15, 0.2) is 6.29 Å². The second-order valence-electron chi connectivity index (χ2n) is 3.04. The van der Waals surface area contributed by atoms with Gasteiger partial charge >= 0.3 is 0 Å². The van der Waals surface area contributed by atoms with Crippen molar-refractivity contribution in [2.24, 2.45) is 5.90 Å². The average molecular weight is 190 g/mol. The molecule has 4 heteroatoms. The van der Waals surface area contributed by atoms with Crippen LogP contribution < -0.4 is 11.2 Å². The zero-order chi connectivity index (χ0) is 9.94. The molecular weight excluding hydrogens is 168 g/mol. The summed E-state index contributed by atoms with van der Waals surface area (Å²) in [6, 6.07) is 0. The summed E-state index contributed by atoms with van der Waals surface area (Å²) >= 11 is 0. The second-order valence-corrected chi connectivity index (χ2v) is 3.04. The summed E-state index contributed by atoms with van der Waals surface area (Å²) in [5.74, 6) is 5.06. The SMILES string of the molecule is CCCC(ON)OCCCCNC. The van der Waals surface area contributed by atoms with Gasteiger partial charge in [0.1, 0.15) is 0 Å². The van der Waals surface area contributed by atoms with Gasteiger partial charge in [-0.3, -0.25) is 4.84 Å². The lowest BCUT2D eigenvalue weighted by Crippen LogP contribution is -2.21. The maximum absolute atomic E-state index is 5.40. The van der Waals surface area contributed by atoms with Crippen molar-refractivity contribution >= 4 is 0 Å². The lowest BCUT2D eigenvalue weighted by molar-refractivity contribution is -0.149. The Morgan fingerprint density at radius 3 is 2.69 bits per heavy atom. The predicted octanol–water partition coefficient (Wildman–Crippen LogP) is 1.02. The van der Waals surface area contributed by atoms with E-state index >= 15 is 0 Å². The molecule has 0 aromatic heterocycles. The fourth-order valence-electron chi connectivity index (χ4n) is 1.04. The van der Waals surface area contributed by atoms with Gasteiger partial charge < -0.3 is 10.1 Å². The molecule has 13 heavy (non-hydrogen) atoms. The Labute approximate surface area is 80.7 Å². The normalized spacial score (nSPS) is 13.2. The van der Waals surface area contributed by atoms with Gasteiger partial charge in [0.2, 0.25) is 0 Å². The van der Waals surface area contributed by atoms with Crippen molar-refractivity contribution in [3.05, 3.63) is 0 Å². The Morgan fingerprint density at radius 2 is 2.15 bits per heavy atom. The van der Waals surface area contributed by atoms with E-state index in [2.05, 4.69) is 17.1 Å². The first-order chi connectivity index (χ1) is 6.35. The summed E-state index contributed by atoms with van der Waals surface area (Å²) < 4.78 is 5.40. The van der Waals surface area contributed by atoms with Crippen molar-refractivity contribution in [3.63, 3.8) is 0 Å². The standard InChI is InChI=1S/C9H22N2O2/c1-3-6-9(13-10)12-8-5-4-7-11-2/h9,11H,3-8,10H2,1-2H3. The average Bonchev–Trinajstić information content (AvgIpc) is 2.16. The molecule has 0 saturated heterocycles. The minimum absolute atomic E-state index is 0.223. The number of ether oxygens (including phenoxy) is 1. The Kier molecular flexibility index (Phi) is 9.80. The van der Waals surface area contributed by atoms with Crippen molar-refractivity contribution in [1.82, 2.24) is 5.32 Å². The van der Waals surface area contributed by atoms with Crippen LogP contribution in [0.1, 0.15) is 32.6 Å². The molecule has 0 fully saturated rings. The molecule has 0 bridgehead atoms. The van der Waals surface area contributed by atoms with E-state index in [1.54, 1.807) is 0 Å². The van der Waals surface area contributed by atoms with Gasteiger partial charge in [0.25, 0.3) is 0 Å². The van der Waals surface area contributed by atoms with Gasteiger partial charge in [-0.25, -0.2) is 5.90 Å². The number of unbranched alkanes of at least 4 members (excludes halogenated alkanes) is 1. The molecule has 0 aromatic carbocycles. The molecule has 0 aromatic rings. The summed E-state index contributed by atoms with van der Waals surface area (Å²) in [7, 11) is 1.95. The molecule has 0 spiro atoms. The van der Waals surface area contributed by atoms with Crippen LogP contribution in [0.3, 0.4) is 0 Å². The van der Waals surface area contributed by atoms with Gasteiger partial charge in [0.05, 0.1) is 0 Å². The molecule has 0 radical (unpaired) electrons. The molecule has 0 heterocycles. The highest BCUT2D eigenvalue weighted by Crippen LogP contribution is 2.02. The Morgan fingerprint density at radius 1 is 1.38 bits per heavy atom. The van der Waals surface area contributed by atoms with Crippen LogP contribution in [0.2, 0.25) is 0 Å². The van der Waals surface area contributed by atoms with E-state index in [9.17, 15) is 0 Å². The third-order valence-electron chi connectivity index (χ3n) is 1.80. The lowest BCUT2D eigenvalue weighted by Gasteiger charge is -2.14. The predicted molar refractivity (Wildman–Crippen MR) is 53.1 cm³/mol. The number of nitrogens with two attached hydrogens (primary N) is 1. The van der Waals surface area contributed by atoms with E-state index in [-0.39, 0.29) is 6.29 Å². The topological polar surface area (TPSA) is 56.5 Å². The minimum Gasteiger partial charge on any atom is -0.351 e. The van der Waals surface area contributed by atoms with Gasteiger partial charge in [-0.1, -0.05) is 13.3 Å². The van der Waals surface area contributed by atoms with Crippen LogP contribution in [0, 0.1) is 0 Å². The number of hydrogen-bond donors (Lipinski definition) is 2. The van der Waals surface area contributed by atoms with Crippen LogP contribution in [0.25, 0.3) is 0 Å². The molecule has 0 aliphatic heterocycles. The van der Waals surface area contributed by atoms with Crippen molar-refractivity contribution in [3.8, 4) is 0 Å². The van der Waals surface area contributed by atoms with Crippen molar-refractivity contribution < 1.29 is 9.57 Å². The molecule has 0 saturated carbocycles. The maximum atomic E-state index is 5.40. The fraction of sp³-hybridized carbons (Fsp3) is 1.00. The Balaban J connectivity index is 3.17. The molecule has 3 N–H and O–H groups in total. The van der Waals surface area contributed by atoms with E-state index in [1.807, 2.05) is 7.05 Å². The molecular formula is C9H22N2O2. The van der Waals surface area contributed by atoms with Crippen LogP contribution in [-0.4, -0.2) is 26.5 Å². The molecule has 80 valence electrons. The van der Waals surface area contributed by atoms with Crippen LogP contribution in [0.15, 0.2) is 0 Å². The first-order valence-electron chi connectivity index (χ1n) is 4.96. The molecule has 1 unspecified atom stereocenters. The van der Waals surface area contributed by atoms with Gasteiger partial charge in [-0.2, -0.15) is 0 Å². The van der Waals surface area contributed by atoms with Crippen molar-refractivity contribution in [2.45, 2.75) is 38.9 Å². The van der Waals surface area contributed by atoms with Crippen LogP contribution in [0.5, 0.6) is 0 Å². The molecule has 0 rings (SSSR count). The van der Waals surface area contributed by atoms with Crippen molar-refractivity contribution in [1.29, 1.82) is 0 Å². The summed E-state index contributed by atoms with van der Waals surface area (Å²) in [5, 5.41) is 3.08.